The SMILES string of the molecule is CCCNC1CC(C)CC(C)C1S(=O)C1CCOCC1. The molecule has 5 unspecified atom stereocenters. The number of hydrogen-bond acceptors (Lipinski definition) is 3. The minimum Gasteiger partial charge on any atom is -0.381 e. The number of hydrogen-bond donors (Lipinski definition) is 1. The predicted octanol–water partition coefficient (Wildman–Crippen LogP) is 2.72. The summed E-state index contributed by atoms with van der Waals surface area (Å²) in [7, 11) is -0.714. The Balaban J connectivity index is 2.04. The summed E-state index contributed by atoms with van der Waals surface area (Å²) in [5.41, 5.74) is 0. The van der Waals surface area contributed by atoms with E-state index in [2.05, 4.69) is 26.1 Å². The van der Waals surface area contributed by atoms with Gasteiger partial charge in [0.2, 0.25) is 0 Å². The van der Waals surface area contributed by atoms with Crippen LogP contribution in [0.2, 0.25) is 0 Å². The molecule has 2 aliphatic rings. The van der Waals surface area contributed by atoms with E-state index in [1.165, 1.54) is 12.8 Å². The van der Waals surface area contributed by atoms with Crippen LogP contribution >= 0.6 is 0 Å². The third-order valence-corrected chi connectivity index (χ3v) is 7.27. The Morgan fingerprint density at radius 3 is 2.55 bits per heavy atom. The lowest BCUT2D eigenvalue weighted by molar-refractivity contribution is 0.0986. The quantitative estimate of drug-likeness (QED) is 0.848. The Hall–Kier alpha value is 0.0700. The van der Waals surface area contributed by atoms with Crippen molar-refractivity contribution in [2.45, 2.75) is 69.4 Å². The van der Waals surface area contributed by atoms with Crippen molar-refractivity contribution in [1.82, 2.24) is 5.32 Å². The Kier molecular flexibility index (Phi) is 6.50. The first-order valence-electron chi connectivity index (χ1n) is 8.34. The second-order valence-electron chi connectivity index (χ2n) is 6.72. The van der Waals surface area contributed by atoms with Crippen molar-refractivity contribution in [3.05, 3.63) is 0 Å². The molecule has 0 amide bonds. The highest BCUT2D eigenvalue weighted by Gasteiger charge is 2.40. The summed E-state index contributed by atoms with van der Waals surface area (Å²) in [5.74, 6) is 1.32. The standard InChI is InChI=1S/C16H31NO2S/c1-4-7-17-15-11-12(2)10-13(3)16(15)20(18)14-5-8-19-9-6-14/h12-17H,4-11H2,1-3H3. The smallest absolute Gasteiger partial charge is 0.0529 e. The summed E-state index contributed by atoms with van der Waals surface area (Å²) in [5, 5.41) is 4.37. The van der Waals surface area contributed by atoms with Gasteiger partial charge in [-0.1, -0.05) is 20.8 Å². The molecule has 1 saturated heterocycles. The van der Waals surface area contributed by atoms with Gasteiger partial charge in [-0.15, -0.1) is 0 Å². The molecule has 2 fully saturated rings. The van der Waals surface area contributed by atoms with E-state index in [4.69, 9.17) is 4.74 Å². The summed E-state index contributed by atoms with van der Waals surface area (Å²) >= 11 is 0. The van der Waals surface area contributed by atoms with Gasteiger partial charge < -0.3 is 10.1 Å². The predicted molar refractivity (Wildman–Crippen MR) is 85.4 cm³/mol. The van der Waals surface area contributed by atoms with E-state index >= 15 is 0 Å². The van der Waals surface area contributed by atoms with Gasteiger partial charge in [-0.05, 0) is 50.5 Å². The fourth-order valence-corrected chi connectivity index (χ4v) is 6.08. The molecule has 118 valence electrons. The maximum absolute atomic E-state index is 13.1. The minimum atomic E-state index is -0.714. The normalized spacial score (nSPS) is 37.8. The first-order valence-corrected chi connectivity index (χ1v) is 9.61. The maximum atomic E-state index is 13.1. The Morgan fingerprint density at radius 1 is 1.20 bits per heavy atom. The number of nitrogens with one attached hydrogen (secondary N) is 1. The average Bonchev–Trinajstić information content (AvgIpc) is 2.45. The fraction of sp³-hybridized carbons (Fsp3) is 1.00. The van der Waals surface area contributed by atoms with Crippen molar-refractivity contribution in [2.24, 2.45) is 11.8 Å². The van der Waals surface area contributed by atoms with Gasteiger partial charge in [0.05, 0.1) is 5.25 Å². The Bertz CT molecular complexity index is 318. The van der Waals surface area contributed by atoms with Crippen LogP contribution in [0.1, 0.15) is 52.9 Å². The first-order chi connectivity index (χ1) is 9.63. The van der Waals surface area contributed by atoms with Gasteiger partial charge in [0.15, 0.2) is 0 Å². The van der Waals surface area contributed by atoms with Crippen molar-refractivity contribution in [1.29, 1.82) is 0 Å². The number of ether oxygens (including phenoxy) is 1. The number of rotatable bonds is 5. The lowest BCUT2D eigenvalue weighted by Gasteiger charge is -2.41. The summed E-state index contributed by atoms with van der Waals surface area (Å²) in [4.78, 5) is 0. The third-order valence-electron chi connectivity index (χ3n) is 4.81. The zero-order valence-corrected chi connectivity index (χ0v) is 14.1. The van der Waals surface area contributed by atoms with Gasteiger partial charge in [-0.25, -0.2) is 0 Å². The van der Waals surface area contributed by atoms with Gasteiger partial charge in [-0.2, -0.15) is 0 Å². The van der Waals surface area contributed by atoms with Crippen molar-refractivity contribution in [3.63, 3.8) is 0 Å². The maximum Gasteiger partial charge on any atom is 0.0529 e. The van der Waals surface area contributed by atoms with Crippen LogP contribution in [0.15, 0.2) is 0 Å². The lowest BCUT2D eigenvalue weighted by atomic mass is 9.80. The first kappa shape index (κ1) is 16.4. The van der Waals surface area contributed by atoms with Gasteiger partial charge in [-0.3, -0.25) is 4.21 Å². The van der Waals surface area contributed by atoms with Gasteiger partial charge in [0.1, 0.15) is 0 Å². The molecule has 3 nitrogen and oxygen atoms in total. The molecule has 20 heavy (non-hydrogen) atoms. The van der Waals surface area contributed by atoms with Crippen LogP contribution in [-0.4, -0.2) is 40.5 Å². The molecule has 0 spiro atoms. The third kappa shape index (κ3) is 4.05. The van der Waals surface area contributed by atoms with Crippen molar-refractivity contribution >= 4 is 10.8 Å². The lowest BCUT2D eigenvalue weighted by Crippen LogP contribution is -2.52. The van der Waals surface area contributed by atoms with E-state index in [1.54, 1.807) is 0 Å². The second-order valence-corrected chi connectivity index (χ2v) is 8.59. The molecule has 0 bridgehead atoms. The molecule has 0 aromatic carbocycles. The van der Waals surface area contributed by atoms with E-state index in [9.17, 15) is 4.21 Å². The molecular weight excluding hydrogens is 270 g/mol. The molecule has 1 saturated carbocycles. The van der Waals surface area contributed by atoms with E-state index in [0.29, 0.717) is 22.5 Å². The zero-order chi connectivity index (χ0) is 14.5. The van der Waals surface area contributed by atoms with E-state index in [0.717, 1.165) is 44.9 Å². The van der Waals surface area contributed by atoms with E-state index in [-0.39, 0.29) is 0 Å². The molecule has 0 aromatic rings. The van der Waals surface area contributed by atoms with Crippen LogP contribution in [0.4, 0.5) is 0 Å². The average molecular weight is 301 g/mol. The van der Waals surface area contributed by atoms with Crippen molar-refractivity contribution in [2.75, 3.05) is 19.8 Å². The molecular formula is C16H31NO2S. The van der Waals surface area contributed by atoms with Crippen LogP contribution in [0.5, 0.6) is 0 Å². The highest BCUT2D eigenvalue weighted by atomic mass is 32.2. The molecule has 1 heterocycles. The molecule has 1 N–H and O–H groups in total. The van der Waals surface area contributed by atoms with Gasteiger partial charge in [0, 0.05) is 35.3 Å². The molecule has 1 aliphatic carbocycles. The van der Waals surface area contributed by atoms with Crippen LogP contribution in [0, 0.1) is 11.8 Å². The minimum absolute atomic E-state index is 0.334. The summed E-state index contributed by atoms with van der Waals surface area (Å²) in [6.45, 7) is 9.48. The topological polar surface area (TPSA) is 38.3 Å². The van der Waals surface area contributed by atoms with Crippen LogP contribution in [0.3, 0.4) is 0 Å². The van der Waals surface area contributed by atoms with Crippen molar-refractivity contribution in [3.8, 4) is 0 Å². The monoisotopic (exact) mass is 301 g/mol. The van der Waals surface area contributed by atoms with Crippen molar-refractivity contribution < 1.29 is 8.95 Å². The molecule has 1 aliphatic heterocycles. The van der Waals surface area contributed by atoms with Gasteiger partial charge in [0.25, 0.3) is 0 Å². The van der Waals surface area contributed by atoms with Gasteiger partial charge >= 0.3 is 0 Å². The Labute approximate surface area is 126 Å². The highest BCUT2D eigenvalue weighted by molar-refractivity contribution is 7.86. The zero-order valence-electron chi connectivity index (χ0n) is 13.3. The molecule has 2 rings (SSSR count). The molecule has 5 atom stereocenters. The van der Waals surface area contributed by atoms with Crippen LogP contribution in [-0.2, 0) is 15.5 Å². The second kappa shape index (κ2) is 7.90. The van der Waals surface area contributed by atoms with E-state index in [1.807, 2.05) is 0 Å². The molecule has 4 heteroatoms. The summed E-state index contributed by atoms with van der Waals surface area (Å²) < 4.78 is 18.5. The Morgan fingerprint density at radius 2 is 1.90 bits per heavy atom. The highest BCUT2D eigenvalue weighted by Crippen LogP contribution is 2.34. The summed E-state index contributed by atoms with van der Waals surface area (Å²) in [6, 6.07) is 0.442. The molecule has 0 radical (unpaired) electrons. The largest absolute Gasteiger partial charge is 0.381 e. The van der Waals surface area contributed by atoms with Crippen LogP contribution in [0.25, 0.3) is 0 Å². The fourth-order valence-electron chi connectivity index (χ4n) is 3.88. The van der Waals surface area contributed by atoms with E-state index < -0.39 is 10.8 Å². The summed E-state index contributed by atoms with van der Waals surface area (Å²) in [6.07, 6.45) is 5.52. The van der Waals surface area contributed by atoms with Crippen LogP contribution < -0.4 is 5.32 Å². The molecule has 0 aromatic heterocycles.